The number of carbonyl (C=O) groups is 2. The van der Waals surface area contributed by atoms with Crippen LogP contribution in [0.2, 0.25) is 0 Å². The molecule has 0 saturated heterocycles. The minimum Gasteiger partial charge on any atom is -0.496 e. The van der Waals surface area contributed by atoms with Gasteiger partial charge in [0.2, 0.25) is 21.9 Å². The van der Waals surface area contributed by atoms with E-state index in [0.29, 0.717) is 22.9 Å². The summed E-state index contributed by atoms with van der Waals surface area (Å²) in [5.74, 6) is -0.686. The lowest BCUT2D eigenvalue weighted by Crippen LogP contribution is -2.18. The molecule has 0 aliphatic rings. The van der Waals surface area contributed by atoms with Gasteiger partial charge in [-0.1, -0.05) is 17.4 Å². The number of benzene rings is 1. The van der Waals surface area contributed by atoms with E-state index in [1.54, 1.807) is 24.3 Å². The molecular weight excluding hydrogens is 570 g/mol. The van der Waals surface area contributed by atoms with Gasteiger partial charge in [0.1, 0.15) is 30.5 Å². The number of nitrogens with zero attached hydrogens (tertiary/aromatic N) is 5. The first-order valence-electron chi connectivity index (χ1n) is 12.3. The van der Waals surface area contributed by atoms with Crippen LogP contribution in [0, 0.1) is 11.3 Å². The number of rotatable bonds is 13. The van der Waals surface area contributed by atoms with Crippen molar-refractivity contribution < 1.29 is 33.0 Å². The molecule has 0 bridgehead atoms. The van der Waals surface area contributed by atoms with Gasteiger partial charge in [-0.05, 0) is 18.2 Å². The van der Waals surface area contributed by atoms with Gasteiger partial charge in [-0.3, -0.25) is 14.9 Å². The number of ether oxygens (including phenoxy) is 4. The van der Waals surface area contributed by atoms with Gasteiger partial charge >= 0.3 is 5.63 Å². The molecule has 2 amide bonds. The van der Waals surface area contributed by atoms with E-state index in [4.69, 9.17) is 28.6 Å². The lowest BCUT2D eigenvalue weighted by atomic mass is 10.0. The molecule has 3 aromatic heterocycles. The fourth-order valence-electron chi connectivity index (χ4n) is 3.66. The first kappa shape index (κ1) is 29.7. The highest BCUT2D eigenvalue weighted by molar-refractivity contribution is 7.17. The predicted octanol–water partition coefficient (Wildman–Crippen LogP) is 2.88. The van der Waals surface area contributed by atoms with Crippen molar-refractivity contribution in [2.24, 2.45) is 0 Å². The Hall–Kier alpha value is -5.27. The van der Waals surface area contributed by atoms with E-state index in [-0.39, 0.29) is 59.5 Å². The third-order valence-electron chi connectivity index (χ3n) is 5.38. The quantitative estimate of drug-likeness (QED) is 0.215. The van der Waals surface area contributed by atoms with Crippen LogP contribution in [-0.4, -0.2) is 65.8 Å². The van der Waals surface area contributed by atoms with Crippen LogP contribution in [0.5, 0.6) is 17.2 Å². The van der Waals surface area contributed by atoms with Crippen LogP contribution in [0.4, 0.5) is 10.9 Å². The largest absolute Gasteiger partial charge is 0.496 e. The number of aromatic nitrogens is 4. The minimum absolute atomic E-state index is 0.0149. The molecule has 15 nitrogen and oxygen atoms in total. The summed E-state index contributed by atoms with van der Waals surface area (Å²) in [6.07, 6.45) is 1.58. The lowest BCUT2D eigenvalue weighted by Gasteiger charge is -2.17. The second-order valence-electron chi connectivity index (χ2n) is 8.23. The molecular formula is C26H25N7O8S. The van der Waals surface area contributed by atoms with Crippen molar-refractivity contribution in [3.63, 3.8) is 0 Å². The van der Waals surface area contributed by atoms with Gasteiger partial charge in [-0.25, -0.2) is 4.79 Å². The van der Waals surface area contributed by atoms with Crippen LogP contribution in [0.15, 0.2) is 45.7 Å². The average Bonchev–Trinajstić information content (AvgIpc) is 3.62. The fraction of sp³-hybridized carbons (Fsp3) is 0.269. The molecule has 0 atom stereocenters. The van der Waals surface area contributed by atoms with E-state index >= 15 is 0 Å². The topological polar surface area (TPSA) is 193 Å². The number of methoxy groups -OCH3 is 2. The number of nitrogens with one attached hydrogen (secondary N) is 2. The summed E-state index contributed by atoms with van der Waals surface area (Å²) in [6.45, 7) is 1.62. The molecule has 0 saturated carbocycles. The summed E-state index contributed by atoms with van der Waals surface area (Å²) in [7, 11) is 2.92. The van der Waals surface area contributed by atoms with Crippen LogP contribution >= 0.6 is 11.3 Å². The van der Waals surface area contributed by atoms with Crippen molar-refractivity contribution in [2.45, 2.75) is 13.3 Å². The Kier molecular flexibility index (Phi) is 9.81. The van der Waals surface area contributed by atoms with Crippen LogP contribution in [-0.2, 0) is 9.53 Å². The molecule has 1 aromatic carbocycles. The molecule has 4 aromatic rings. The number of carbonyl (C=O) groups excluding carboxylic acids is 2. The maximum absolute atomic E-state index is 13.2. The summed E-state index contributed by atoms with van der Waals surface area (Å²) < 4.78 is 28.7. The van der Waals surface area contributed by atoms with Crippen LogP contribution in [0.3, 0.4) is 0 Å². The molecule has 0 aliphatic heterocycles. The number of hydrogen-bond acceptors (Lipinski definition) is 13. The van der Waals surface area contributed by atoms with Gasteiger partial charge in [-0.2, -0.15) is 15.0 Å². The Balaban J connectivity index is 1.71. The molecule has 0 spiro atoms. The second-order valence-corrected chi connectivity index (χ2v) is 9.18. The second kappa shape index (κ2) is 13.9. The minimum atomic E-state index is -0.933. The van der Waals surface area contributed by atoms with Crippen LogP contribution < -0.4 is 30.5 Å². The van der Waals surface area contributed by atoms with Gasteiger partial charge in [0.25, 0.3) is 5.91 Å². The number of amides is 2. The van der Waals surface area contributed by atoms with Crippen molar-refractivity contribution >= 4 is 34.1 Å². The zero-order valence-electron chi connectivity index (χ0n) is 22.7. The Morgan fingerprint density at radius 2 is 1.90 bits per heavy atom. The number of hydrogen-bond donors (Lipinski definition) is 2. The van der Waals surface area contributed by atoms with Gasteiger partial charge < -0.3 is 28.7 Å². The van der Waals surface area contributed by atoms with Gasteiger partial charge in [0.05, 0.1) is 38.0 Å². The summed E-state index contributed by atoms with van der Waals surface area (Å²) in [5.41, 5.74) is -0.460. The first-order chi connectivity index (χ1) is 20.4. The highest BCUT2D eigenvalue weighted by Crippen LogP contribution is 2.42. The van der Waals surface area contributed by atoms with E-state index in [2.05, 4.69) is 25.9 Å². The normalized spacial score (nSPS) is 10.5. The summed E-state index contributed by atoms with van der Waals surface area (Å²) >= 11 is 0.966. The summed E-state index contributed by atoms with van der Waals surface area (Å²) in [4.78, 5) is 37.8. The molecule has 0 aliphatic carbocycles. The van der Waals surface area contributed by atoms with Crippen LogP contribution in [0.1, 0.15) is 23.9 Å². The van der Waals surface area contributed by atoms with Gasteiger partial charge in [0.15, 0.2) is 5.76 Å². The lowest BCUT2D eigenvalue weighted by molar-refractivity contribution is -0.114. The molecule has 0 radical (unpaired) electrons. The first-order valence-corrected chi connectivity index (χ1v) is 13.1. The summed E-state index contributed by atoms with van der Waals surface area (Å²) in [5, 5.41) is 26.5. The van der Waals surface area contributed by atoms with Crippen molar-refractivity contribution in [1.82, 2.24) is 20.0 Å². The molecule has 42 heavy (non-hydrogen) atoms. The standard InChI is InChI=1S/C26H25N7O8S/c1-15(34)29-20-8-10-28-33(20)26-32-31-25(42-26)30-23(35)19-14-16(22(24(36)41-19)40-13-12-37-2)21-17(38-3)6-4-7-18(21)39-11-5-9-27/h4,6-8,10,14H,5,11-13H2,1-3H3,(H,29,34)(H,30,31,35). The monoisotopic (exact) mass is 595 g/mol. The number of nitriles is 1. The highest BCUT2D eigenvalue weighted by atomic mass is 32.1. The van der Waals surface area contributed by atoms with Crippen molar-refractivity contribution in [1.29, 1.82) is 5.26 Å². The summed E-state index contributed by atoms with van der Waals surface area (Å²) in [6, 6.07) is 9.85. The third-order valence-corrected chi connectivity index (χ3v) is 6.19. The predicted molar refractivity (Wildman–Crippen MR) is 149 cm³/mol. The molecule has 218 valence electrons. The van der Waals surface area contributed by atoms with E-state index < -0.39 is 11.5 Å². The molecule has 4 rings (SSSR count). The maximum Gasteiger partial charge on any atom is 0.379 e. The smallest absolute Gasteiger partial charge is 0.379 e. The number of anilines is 2. The van der Waals surface area contributed by atoms with Gasteiger partial charge in [0, 0.05) is 25.7 Å². The van der Waals surface area contributed by atoms with E-state index in [1.807, 2.05) is 6.07 Å². The zero-order valence-corrected chi connectivity index (χ0v) is 23.5. The fourth-order valence-corrected chi connectivity index (χ4v) is 4.37. The zero-order chi connectivity index (χ0) is 30.1. The van der Waals surface area contributed by atoms with Crippen molar-refractivity contribution in [2.75, 3.05) is 44.7 Å². The maximum atomic E-state index is 13.2. The molecule has 16 heteroatoms. The highest BCUT2D eigenvalue weighted by Gasteiger charge is 2.25. The Morgan fingerprint density at radius 3 is 2.64 bits per heavy atom. The average molecular weight is 596 g/mol. The van der Waals surface area contributed by atoms with E-state index in [9.17, 15) is 14.4 Å². The van der Waals surface area contributed by atoms with E-state index in [0.717, 1.165) is 11.3 Å². The van der Waals surface area contributed by atoms with Crippen molar-refractivity contribution in [3.05, 3.63) is 52.7 Å². The molecule has 0 fully saturated rings. The Bertz CT molecular complexity index is 1670. The van der Waals surface area contributed by atoms with Crippen molar-refractivity contribution in [3.8, 4) is 39.6 Å². The van der Waals surface area contributed by atoms with Gasteiger partial charge in [-0.15, -0.1) is 10.2 Å². The van der Waals surface area contributed by atoms with E-state index in [1.165, 1.54) is 38.1 Å². The Labute approximate surface area is 242 Å². The molecule has 3 heterocycles. The molecule has 0 unspecified atom stereocenters. The molecule has 2 N–H and O–H groups in total. The third kappa shape index (κ3) is 6.89. The Morgan fingerprint density at radius 1 is 1.10 bits per heavy atom. The van der Waals surface area contributed by atoms with Crippen LogP contribution in [0.25, 0.3) is 16.3 Å². The SMILES string of the molecule is COCCOc1c(-c2c(OC)cccc2OCCC#N)cc(C(=O)Nc2nnc(-n3nccc3NC(C)=O)s2)oc1=O.